The molecule has 1 saturated carbocycles. The number of hydrogen-bond acceptors (Lipinski definition) is 5. The van der Waals surface area contributed by atoms with Gasteiger partial charge in [-0.25, -0.2) is 0 Å². The third-order valence-electron chi connectivity index (χ3n) is 6.75. The van der Waals surface area contributed by atoms with Gasteiger partial charge in [0, 0.05) is 26.0 Å². The quantitative estimate of drug-likeness (QED) is 0.772. The lowest BCUT2D eigenvalue weighted by Crippen LogP contribution is -2.50. The first-order valence-electron chi connectivity index (χ1n) is 9.15. The SMILES string of the molecule is COC1=CC=CC(OC)(C2CC3CC4(C=C(OC)C(=O)C=C4O3)C2C)C1. The number of allylic oxidation sites excluding steroid dienone is 4. The Morgan fingerprint density at radius 3 is 2.73 bits per heavy atom. The van der Waals surface area contributed by atoms with Gasteiger partial charge < -0.3 is 18.9 Å². The zero-order chi connectivity index (χ0) is 18.5. The van der Waals surface area contributed by atoms with Crippen LogP contribution in [0.25, 0.3) is 0 Å². The van der Waals surface area contributed by atoms with E-state index >= 15 is 0 Å². The van der Waals surface area contributed by atoms with Crippen LogP contribution in [0.4, 0.5) is 0 Å². The maximum atomic E-state index is 12.2. The second-order valence-electron chi connectivity index (χ2n) is 7.73. The molecule has 3 aliphatic carbocycles. The van der Waals surface area contributed by atoms with Gasteiger partial charge in [0.2, 0.25) is 5.78 Å². The van der Waals surface area contributed by atoms with E-state index in [4.69, 9.17) is 18.9 Å². The highest BCUT2D eigenvalue weighted by atomic mass is 16.5. The van der Waals surface area contributed by atoms with Gasteiger partial charge in [0.15, 0.2) is 5.76 Å². The first kappa shape index (κ1) is 17.4. The van der Waals surface area contributed by atoms with Crippen LogP contribution in [0, 0.1) is 17.3 Å². The standard InChI is InChI=1S/C21H26O5/c1-13-16(21(25-4)7-5-6-14(11-21)23-2)8-15-10-20(13)12-18(24-3)17(22)9-19(20)26-15/h5-7,9,12-13,15-16H,8,10-11H2,1-4H3. The lowest BCUT2D eigenvalue weighted by molar-refractivity contribution is -0.114. The van der Waals surface area contributed by atoms with E-state index in [0.29, 0.717) is 12.2 Å². The molecule has 5 unspecified atom stereocenters. The minimum absolute atomic E-state index is 0.0834. The van der Waals surface area contributed by atoms with Crippen molar-refractivity contribution in [3.63, 3.8) is 0 Å². The van der Waals surface area contributed by atoms with Crippen molar-refractivity contribution >= 4 is 5.78 Å². The Balaban J connectivity index is 1.75. The Morgan fingerprint density at radius 1 is 1.23 bits per heavy atom. The van der Waals surface area contributed by atoms with Crippen molar-refractivity contribution in [2.24, 2.45) is 17.3 Å². The molecule has 5 atom stereocenters. The number of ether oxygens (including phenoxy) is 4. The van der Waals surface area contributed by atoms with Gasteiger partial charge in [-0.05, 0) is 30.4 Å². The Hall–Kier alpha value is -2.01. The number of carbonyl (C=O) groups excluding carboxylic acids is 1. The summed E-state index contributed by atoms with van der Waals surface area (Å²) >= 11 is 0. The fraction of sp³-hybridized carbons (Fsp3) is 0.571. The van der Waals surface area contributed by atoms with Gasteiger partial charge in [-0.1, -0.05) is 19.1 Å². The molecule has 5 heteroatoms. The van der Waals surface area contributed by atoms with E-state index in [9.17, 15) is 4.79 Å². The lowest BCUT2D eigenvalue weighted by atomic mass is 9.56. The predicted octanol–water partition coefficient (Wildman–Crippen LogP) is 3.29. The summed E-state index contributed by atoms with van der Waals surface area (Å²) in [5.74, 6) is 2.46. The molecular weight excluding hydrogens is 332 g/mol. The van der Waals surface area contributed by atoms with Crippen molar-refractivity contribution in [3.8, 4) is 0 Å². The predicted molar refractivity (Wildman–Crippen MR) is 96.0 cm³/mol. The number of carbonyl (C=O) groups is 1. The van der Waals surface area contributed by atoms with Crippen LogP contribution < -0.4 is 0 Å². The topological polar surface area (TPSA) is 54.0 Å². The summed E-state index contributed by atoms with van der Waals surface area (Å²) in [6.45, 7) is 2.24. The summed E-state index contributed by atoms with van der Waals surface area (Å²) in [5.41, 5.74) is -0.743. The highest BCUT2D eigenvalue weighted by Gasteiger charge is 2.60. The van der Waals surface area contributed by atoms with Crippen LogP contribution >= 0.6 is 0 Å². The number of rotatable bonds is 4. The van der Waals surface area contributed by atoms with E-state index in [1.165, 1.54) is 0 Å². The third-order valence-corrected chi connectivity index (χ3v) is 6.75. The van der Waals surface area contributed by atoms with Gasteiger partial charge in [0.05, 0.1) is 37.1 Å². The summed E-state index contributed by atoms with van der Waals surface area (Å²) in [5, 5.41) is 0. The van der Waals surface area contributed by atoms with E-state index in [1.807, 2.05) is 18.2 Å². The van der Waals surface area contributed by atoms with E-state index in [2.05, 4.69) is 13.0 Å². The van der Waals surface area contributed by atoms with Crippen LogP contribution in [-0.4, -0.2) is 38.8 Å². The molecule has 2 fully saturated rings. The minimum atomic E-state index is -0.438. The van der Waals surface area contributed by atoms with Gasteiger partial charge >= 0.3 is 0 Å². The second kappa shape index (κ2) is 6.02. The van der Waals surface area contributed by atoms with E-state index < -0.39 is 5.60 Å². The van der Waals surface area contributed by atoms with Gasteiger partial charge in [0.1, 0.15) is 5.76 Å². The van der Waals surface area contributed by atoms with Crippen LogP contribution in [0.15, 0.2) is 47.7 Å². The molecule has 26 heavy (non-hydrogen) atoms. The normalized spacial score (nSPS) is 40.8. The largest absolute Gasteiger partial charge is 0.501 e. The fourth-order valence-corrected chi connectivity index (χ4v) is 5.30. The van der Waals surface area contributed by atoms with Gasteiger partial charge in [-0.3, -0.25) is 4.79 Å². The maximum Gasteiger partial charge on any atom is 0.223 e. The van der Waals surface area contributed by atoms with Crippen molar-refractivity contribution < 1.29 is 23.7 Å². The molecule has 0 aromatic heterocycles. The van der Waals surface area contributed by atoms with Crippen LogP contribution in [0.3, 0.4) is 0 Å². The lowest BCUT2D eigenvalue weighted by Gasteiger charge is -2.49. The van der Waals surface area contributed by atoms with Gasteiger partial charge in [-0.15, -0.1) is 0 Å². The van der Waals surface area contributed by atoms with Crippen LogP contribution in [0.5, 0.6) is 0 Å². The Labute approximate surface area is 154 Å². The van der Waals surface area contributed by atoms with Crippen molar-refractivity contribution in [1.82, 2.24) is 0 Å². The maximum absolute atomic E-state index is 12.2. The first-order chi connectivity index (χ1) is 12.5. The van der Waals surface area contributed by atoms with E-state index in [-0.39, 0.29) is 29.1 Å². The fourth-order valence-electron chi connectivity index (χ4n) is 5.30. The smallest absolute Gasteiger partial charge is 0.223 e. The summed E-state index contributed by atoms with van der Waals surface area (Å²) < 4.78 is 23.1. The van der Waals surface area contributed by atoms with Gasteiger partial charge in [-0.2, -0.15) is 0 Å². The van der Waals surface area contributed by atoms with Crippen molar-refractivity contribution in [2.75, 3.05) is 21.3 Å². The Morgan fingerprint density at radius 2 is 2.04 bits per heavy atom. The molecule has 1 heterocycles. The van der Waals surface area contributed by atoms with Gasteiger partial charge in [0.25, 0.3) is 0 Å². The number of hydrogen-bond donors (Lipinski definition) is 0. The number of methoxy groups -OCH3 is 3. The molecule has 1 saturated heterocycles. The Kier molecular flexibility index (Phi) is 4.03. The molecule has 0 aromatic carbocycles. The molecule has 1 aliphatic heterocycles. The zero-order valence-corrected chi connectivity index (χ0v) is 15.8. The van der Waals surface area contributed by atoms with Crippen LogP contribution in [0.1, 0.15) is 26.2 Å². The molecule has 4 rings (SSSR count). The monoisotopic (exact) mass is 358 g/mol. The zero-order valence-electron chi connectivity index (χ0n) is 15.8. The molecule has 0 N–H and O–H groups in total. The van der Waals surface area contributed by atoms with Crippen molar-refractivity contribution in [3.05, 3.63) is 47.7 Å². The number of ketones is 1. The third kappa shape index (κ3) is 2.29. The highest BCUT2D eigenvalue weighted by molar-refractivity contribution is 6.04. The van der Waals surface area contributed by atoms with Crippen LogP contribution in [-0.2, 0) is 23.7 Å². The Bertz CT molecular complexity index is 746. The molecule has 1 spiro atoms. The van der Waals surface area contributed by atoms with E-state index in [0.717, 1.165) is 24.4 Å². The van der Waals surface area contributed by atoms with Crippen molar-refractivity contribution in [2.45, 2.75) is 37.9 Å². The molecular formula is C21H26O5. The van der Waals surface area contributed by atoms with E-state index in [1.54, 1.807) is 27.4 Å². The van der Waals surface area contributed by atoms with Crippen LogP contribution in [0.2, 0.25) is 0 Å². The van der Waals surface area contributed by atoms with Crippen molar-refractivity contribution in [1.29, 1.82) is 0 Å². The summed E-state index contributed by atoms with van der Waals surface area (Å²) in [6.07, 6.45) is 12.3. The summed E-state index contributed by atoms with van der Waals surface area (Å²) in [6, 6.07) is 0. The molecule has 4 aliphatic rings. The molecule has 0 radical (unpaired) electrons. The first-order valence-corrected chi connectivity index (χ1v) is 9.15. The average molecular weight is 358 g/mol. The molecule has 2 bridgehead atoms. The minimum Gasteiger partial charge on any atom is -0.501 e. The highest BCUT2D eigenvalue weighted by Crippen LogP contribution is 2.61. The molecule has 0 amide bonds. The number of fused-ring (bicyclic) bond motifs is 1. The molecule has 140 valence electrons. The second-order valence-corrected chi connectivity index (χ2v) is 7.73. The average Bonchev–Trinajstić information content (AvgIpc) is 2.97. The molecule has 0 aromatic rings. The summed E-state index contributed by atoms with van der Waals surface area (Å²) in [7, 11) is 5.01. The summed E-state index contributed by atoms with van der Waals surface area (Å²) in [4.78, 5) is 12.2. The molecule has 5 nitrogen and oxygen atoms in total.